The maximum absolute atomic E-state index is 11.1. The molecule has 0 aromatic carbocycles. The second-order valence-corrected chi connectivity index (χ2v) is 6.01. The molecule has 0 N–H and O–H groups in total. The molecule has 0 saturated carbocycles. The van der Waals surface area contributed by atoms with Crippen LogP contribution in [0.3, 0.4) is 0 Å². The van der Waals surface area contributed by atoms with Gasteiger partial charge in [0.1, 0.15) is 15.6 Å². The summed E-state index contributed by atoms with van der Waals surface area (Å²) in [5.41, 5.74) is 0. The van der Waals surface area contributed by atoms with Crippen LogP contribution in [-0.2, 0) is 14.6 Å². The smallest absolute Gasteiger partial charge is 0.150 e. The fourth-order valence-corrected chi connectivity index (χ4v) is 2.17. The molecule has 0 aromatic rings. The molecule has 0 heterocycles. The van der Waals surface area contributed by atoms with Crippen molar-refractivity contribution in [3.63, 3.8) is 0 Å². The van der Waals surface area contributed by atoms with E-state index >= 15 is 0 Å². The molecule has 1 unspecified atom stereocenters. The predicted molar refractivity (Wildman–Crippen MR) is 53.4 cm³/mol. The zero-order valence-corrected chi connectivity index (χ0v) is 9.36. The van der Waals surface area contributed by atoms with E-state index in [1.54, 1.807) is 6.92 Å². The van der Waals surface area contributed by atoms with Gasteiger partial charge >= 0.3 is 0 Å². The molecule has 13 heavy (non-hydrogen) atoms. The quantitative estimate of drug-likeness (QED) is 0.660. The van der Waals surface area contributed by atoms with E-state index in [-0.39, 0.29) is 23.2 Å². The number of hydrogen-bond donors (Lipinski definition) is 0. The van der Waals surface area contributed by atoms with Crippen molar-refractivity contribution in [3.05, 3.63) is 0 Å². The normalized spacial score (nSPS) is 14.1. The van der Waals surface area contributed by atoms with Crippen molar-refractivity contribution in [3.8, 4) is 0 Å². The Bertz CT molecular complexity index is 254. The van der Waals surface area contributed by atoms with Crippen molar-refractivity contribution < 1.29 is 13.2 Å². The molecule has 78 valence electrons. The number of carbonyl (C=O) groups is 1. The van der Waals surface area contributed by atoms with Crippen LogP contribution in [0, 0.1) is 5.92 Å². The maximum Gasteiger partial charge on any atom is 0.150 e. The van der Waals surface area contributed by atoms with Crippen molar-refractivity contribution in [1.82, 2.24) is 0 Å². The fourth-order valence-electron chi connectivity index (χ4n) is 1.12. The summed E-state index contributed by atoms with van der Waals surface area (Å²) in [6.45, 7) is 5.09. The zero-order valence-electron chi connectivity index (χ0n) is 8.54. The Hall–Kier alpha value is -0.380. The third-order valence-electron chi connectivity index (χ3n) is 2.00. The van der Waals surface area contributed by atoms with E-state index in [4.69, 9.17) is 0 Å². The van der Waals surface area contributed by atoms with Crippen LogP contribution in [-0.4, -0.2) is 25.7 Å². The predicted octanol–water partition coefficient (Wildman–Crippen LogP) is 1.43. The van der Waals surface area contributed by atoms with Gasteiger partial charge in [-0.3, -0.25) is 0 Å². The Kier molecular flexibility index (Phi) is 5.21. The summed E-state index contributed by atoms with van der Waals surface area (Å²) in [5.74, 6) is 0.706. The molecule has 0 rings (SSSR count). The van der Waals surface area contributed by atoms with Crippen LogP contribution >= 0.6 is 0 Å². The number of sulfone groups is 1. The van der Waals surface area contributed by atoms with Gasteiger partial charge in [-0.1, -0.05) is 13.8 Å². The first-order valence-corrected chi connectivity index (χ1v) is 6.39. The third kappa shape index (κ3) is 6.75. The summed E-state index contributed by atoms with van der Waals surface area (Å²) in [4.78, 5) is 10.7. The van der Waals surface area contributed by atoms with Crippen LogP contribution in [0.5, 0.6) is 0 Å². The maximum atomic E-state index is 11.1. The number of Topliss-reactive ketones (excluding diaryl/α,β-unsaturated/α-hetero) is 1. The van der Waals surface area contributed by atoms with E-state index in [2.05, 4.69) is 0 Å². The van der Waals surface area contributed by atoms with Crippen LogP contribution in [0.1, 0.15) is 33.6 Å². The van der Waals surface area contributed by atoms with E-state index in [1.165, 1.54) is 6.92 Å². The van der Waals surface area contributed by atoms with Crippen molar-refractivity contribution in [2.24, 2.45) is 5.92 Å². The lowest BCUT2D eigenvalue weighted by molar-refractivity contribution is -0.117. The standard InChI is InChI=1S/C9H18O3S/c1-4-13(11,12)6-5-8(2)7-9(3)10/h8H,4-7H2,1-3H3. The SMILES string of the molecule is CCS(=O)(=O)CCC(C)CC(C)=O. The molecule has 0 bridgehead atoms. The minimum Gasteiger partial charge on any atom is -0.300 e. The van der Waals surface area contributed by atoms with Gasteiger partial charge in [0.05, 0.1) is 5.75 Å². The molecule has 0 spiro atoms. The molecule has 0 amide bonds. The van der Waals surface area contributed by atoms with Gasteiger partial charge in [0.25, 0.3) is 0 Å². The van der Waals surface area contributed by atoms with Crippen LogP contribution in [0.4, 0.5) is 0 Å². The van der Waals surface area contributed by atoms with E-state index in [9.17, 15) is 13.2 Å². The molecule has 0 aliphatic carbocycles. The van der Waals surface area contributed by atoms with Gasteiger partial charge < -0.3 is 4.79 Å². The Balaban J connectivity index is 3.83. The highest BCUT2D eigenvalue weighted by atomic mass is 32.2. The zero-order chi connectivity index (χ0) is 10.5. The third-order valence-corrected chi connectivity index (χ3v) is 3.73. The Labute approximate surface area is 80.4 Å². The van der Waals surface area contributed by atoms with Crippen molar-refractivity contribution in [2.45, 2.75) is 33.6 Å². The lowest BCUT2D eigenvalue weighted by Crippen LogP contribution is -2.13. The van der Waals surface area contributed by atoms with Gasteiger partial charge in [0, 0.05) is 12.2 Å². The average Bonchev–Trinajstić information content (AvgIpc) is 2.00. The molecule has 4 heteroatoms. The molecule has 0 aliphatic heterocycles. The van der Waals surface area contributed by atoms with Gasteiger partial charge in [0.2, 0.25) is 0 Å². The topological polar surface area (TPSA) is 51.2 Å². The highest BCUT2D eigenvalue weighted by Crippen LogP contribution is 2.09. The minimum atomic E-state index is -2.86. The highest BCUT2D eigenvalue weighted by molar-refractivity contribution is 7.91. The molecule has 0 fully saturated rings. The largest absolute Gasteiger partial charge is 0.300 e. The second-order valence-electron chi connectivity index (χ2n) is 3.54. The summed E-state index contributed by atoms with van der Waals surface area (Å²) >= 11 is 0. The van der Waals surface area contributed by atoms with Crippen LogP contribution in [0.15, 0.2) is 0 Å². The van der Waals surface area contributed by atoms with Gasteiger partial charge in [-0.25, -0.2) is 8.42 Å². The molecule has 0 aliphatic rings. The van der Waals surface area contributed by atoms with E-state index in [1.807, 2.05) is 6.92 Å². The van der Waals surface area contributed by atoms with Crippen molar-refractivity contribution in [1.29, 1.82) is 0 Å². The summed E-state index contributed by atoms with van der Waals surface area (Å²) in [7, 11) is -2.86. The molecule has 0 saturated heterocycles. The minimum absolute atomic E-state index is 0.126. The molecule has 3 nitrogen and oxygen atoms in total. The van der Waals surface area contributed by atoms with Gasteiger partial charge in [-0.05, 0) is 19.3 Å². The number of hydrogen-bond acceptors (Lipinski definition) is 3. The monoisotopic (exact) mass is 206 g/mol. The lowest BCUT2D eigenvalue weighted by Gasteiger charge is -2.08. The molecule has 1 atom stereocenters. The summed E-state index contributed by atoms with van der Waals surface area (Å²) < 4.78 is 22.2. The van der Waals surface area contributed by atoms with E-state index in [0.717, 1.165) is 0 Å². The summed E-state index contributed by atoms with van der Waals surface area (Å²) in [6.07, 6.45) is 1.08. The first kappa shape index (κ1) is 12.6. The Morgan fingerprint density at radius 2 is 1.92 bits per heavy atom. The molecule has 0 aromatic heterocycles. The van der Waals surface area contributed by atoms with Crippen molar-refractivity contribution >= 4 is 15.6 Å². The van der Waals surface area contributed by atoms with E-state index < -0.39 is 9.84 Å². The molecular weight excluding hydrogens is 188 g/mol. The molecular formula is C9H18O3S. The van der Waals surface area contributed by atoms with Gasteiger partial charge in [0.15, 0.2) is 0 Å². The Morgan fingerprint density at radius 3 is 2.31 bits per heavy atom. The fraction of sp³-hybridized carbons (Fsp3) is 0.889. The van der Waals surface area contributed by atoms with Crippen LogP contribution in [0.25, 0.3) is 0 Å². The number of carbonyl (C=O) groups excluding carboxylic acids is 1. The highest BCUT2D eigenvalue weighted by Gasteiger charge is 2.11. The Morgan fingerprint density at radius 1 is 1.38 bits per heavy atom. The van der Waals surface area contributed by atoms with E-state index in [0.29, 0.717) is 12.8 Å². The van der Waals surface area contributed by atoms with Gasteiger partial charge in [-0.15, -0.1) is 0 Å². The summed E-state index contributed by atoms with van der Waals surface area (Å²) in [6, 6.07) is 0. The van der Waals surface area contributed by atoms with Crippen LogP contribution < -0.4 is 0 Å². The number of rotatable bonds is 6. The van der Waals surface area contributed by atoms with Crippen LogP contribution in [0.2, 0.25) is 0 Å². The lowest BCUT2D eigenvalue weighted by atomic mass is 10.0. The molecule has 0 radical (unpaired) electrons. The number of ketones is 1. The van der Waals surface area contributed by atoms with Crippen molar-refractivity contribution in [2.75, 3.05) is 11.5 Å². The first-order valence-electron chi connectivity index (χ1n) is 4.57. The second kappa shape index (κ2) is 5.37. The van der Waals surface area contributed by atoms with Gasteiger partial charge in [-0.2, -0.15) is 0 Å². The first-order chi connectivity index (χ1) is 5.87. The average molecular weight is 206 g/mol. The summed E-state index contributed by atoms with van der Waals surface area (Å²) in [5, 5.41) is 0.